The third-order valence-electron chi connectivity index (χ3n) is 5.12. The van der Waals surface area contributed by atoms with Gasteiger partial charge >= 0.3 is 5.69 Å². The molecule has 0 radical (unpaired) electrons. The van der Waals surface area contributed by atoms with Crippen LogP contribution in [0, 0.1) is 26.7 Å². The fourth-order valence-electron chi connectivity index (χ4n) is 3.35. The summed E-state index contributed by atoms with van der Waals surface area (Å²) in [5, 5.41) is 3.26. The Morgan fingerprint density at radius 2 is 1.79 bits per heavy atom. The molecular formula is C23H27N3O3. The number of nitrogens with zero attached hydrogens (tertiary/aromatic N) is 2. The van der Waals surface area contributed by atoms with Crippen molar-refractivity contribution in [3.8, 4) is 5.69 Å². The molecule has 0 fully saturated rings. The van der Waals surface area contributed by atoms with Gasteiger partial charge in [0.1, 0.15) is 6.54 Å². The van der Waals surface area contributed by atoms with E-state index in [2.05, 4.69) is 5.32 Å². The van der Waals surface area contributed by atoms with E-state index >= 15 is 0 Å². The molecule has 0 atom stereocenters. The minimum absolute atomic E-state index is 0.143. The van der Waals surface area contributed by atoms with E-state index in [0.29, 0.717) is 29.1 Å². The maximum atomic E-state index is 13.4. The minimum atomic E-state index is -0.514. The van der Waals surface area contributed by atoms with Crippen LogP contribution in [0.4, 0.5) is 0 Å². The number of hydrogen-bond donors (Lipinski definition) is 1. The minimum Gasteiger partial charge on any atom is -0.354 e. The Bertz CT molecular complexity index is 1200. The number of hydrogen-bond acceptors (Lipinski definition) is 3. The summed E-state index contributed by atoms with van der Waals surface area (Å²) in [6.45, 7) is 10.1. The Hall–Kier alpha value is -3.15. The summed E-state index contributed by atoms with van der Waals surface area (Å²) in [6, 6.07) is 10.9. The second-order valence-electron chi connectivity index (χ2n) is 7.95. The predicted octanol–water partition coefficient (Wildman–Crippen LogP) is 2.85. The number of aryl methyl sites for hydroxylation is 2. The molecule has 2 aromatic carbocycles. The van der Waals surface area contributed by atoms with Crippen LogP contribution in [0.2, 0.25) is 0 Å². The van der Waals surface area contributed by atoms with Gasteiger partial charge in [0.2, 0.25) is 5.91 Å². The van der Waals surface area contributed by atoms with Gasteiger partial charge in [-0.3, -0.25) is 14.2 Å². The number of fused-ring (bicyclic) bond motifs is 1. The quantitative estimate of drug-likeness (QED) is 0.724. The molecule has 0 aliphatic rings. The van der Waals surface area contributed by atoms with E-state index in [9.17, 15) is 14.4 Å². The highest BCUT2D eigenvalue weighted by molar-refractivity contribution is 5.82. The van der Waals surface area contributed by atoms with Crippen LogP contribution >= 0.6 is 0 Å². The first-order valence-electron chi connectivity index (χ1n) is 9.80. The van der Waals surface area contributed by atoms with Crippen molar-refractivity contribution >= 4 is 16.8 Å². The lowest BCUT2D eigenvalue weighted by Gasteiger charge is -2.16. The van der Waals surface area contributed by atoms with E-state index in [-0.39, 0.29) is 18.0 Å². The highest BCUT2D eigenvalue weighted by atomic mass is 16.2. The van der Waals surface area contributed by atoms with E-state index in [4.69, 9.17) is 0 Å². The van der Waals surface area contributed by atoms with E-state index in [1.54, 1.807) is 18.2 Å². The van der Waals surface area contributed by atoms with Crippen molar-refractivity contribution in [2.45, 2.75) is 41.2 Å². The van der Waals surface area contributed by atoms with Gasteiger partial charge < -0.3 is 5.32 Å². The van der Waals surface area contributed by atoms with Crippen LogP contribution in [0.1, 0.15) is 30.5 Å². The van der Waals surface area contributed by atoms with Crippen LogP contribution in [0.25, 0.3) is 16.6 Å². The van der Waals surface area contributed by atoms with Crippen LogP contribution in [0.15, 0.2) is 46.0 Å². The molecule has 0 aliphatic heterocycles. The van der Waals surface area contributed by atoms with Gasteiger partial charge in [-0.1, -0.05) is 37.6 Å². The van der Waals surface area contributed by atoms with Gasteiger partial charge in [-0.2, -0.15) is 0 Å². The van der Waals surface area contributed by atoms with E-state index in [0.717, 1.165) is 16.7 Å². The Labute approximate surface area is 169 Å². The molecule has 1 aromatic heterocycles. The van der Waals surface area contributed by atoms with Crippen molar-refractivity contribution in [3.05, 3.63) is 73.9 Å². The summed E-state index contributed by atoms with van der Waals surface area (Å²) >= 11 is 0. The second kappa shape index (κ2) is 8.07. The van der Waals surface area contributed by atoms with Gasteiger partial charge in [0, 0.05) is 6.54 Å². The molecule has 1 heterocycles. The number of amides is 1. The first-order chi connectivity index (χ1) is 13.7. The molecule has 152 valence electrons. The number of carbonyl (C=O) groups excluding carboxylic acids is 1. The van der Waals surface area contributed by atoms with Crippen molar-refractivity contribution in [1.82, 2.24) is 14.5 Å². The standard InChI is InChI=1S/C23H27N3O3/c1-14(2)12-24-21(27)13-25-20-10-9-15(3)11-18(20)22(28)26(23(25)29)19-8-6-7-16(4)17(19)5/h6-11,14H,12-13H2,1-5H3,(H,24,27). The summed E-state index contributed by atoms with van der Waals surface area (Å²) in [5.74, 6) is 0.0489. The second-order valence-corrected chi connectivity index (χ2v) is 7.95. The number of nitrogens with one attached hydrogen (secondary N) is 1. The van der Waals surface area contributed by atoms with E-state index in [1.165, 1.54) is 9.13 Å². The van der Waals surface area contributed by atoms with Crippen LogP contribution in [-0.2, 0) is 11.3 Å². The lowest BCUT2D eigenvalue weighted by Crippen LogP contribution is -2.42. The fraction of sp³-hybridized carbons (Fsp3) is 0.348. The van der Waals surface area contributed by atoms with Crippen molar-refractivity contribution in [1.29, 1.82) is 0 Å². The van der Waals surface area contributed by atoms with Crippen LogP contribution < -0.4 is 16.6 Å². The molecule has 0 spiro atoms. The van der Waals surface area contributed by atoms with E-state index in [1.807, 2.05) is 52.8 Å². The van der Waals surface area contributed by atoms with Crippen molar-refractivity contribution in [3.63, 3.8) is 0 Å². The Kier molecular flexibility index (Phi) is 5.73. The first kappa shape index (κ1) is 20.6. The van der Waals surface area contributed by atoms with Crippen LogP contribution in [0.3, 0.4) is 0 Å². The smallest absolute Gasteiger partial charge is 0.336 e. The first-order valence-corrected chi connectivity index (χ1v) is 9.80. The molecule has 6 heteroatoms. The number of benzene rings is 2. The van der Waals surface area contributed by atoms with Gasteiger partial charge in [0.25, 0.3) is 5.56 Å². The van der Waals surface area contributed by atoms with Crippen LogP contribution in [-0.4, -0.2) is 21.6 Å². The summed E-state index contributed by atoms with van der Waals surface area (Å²) < 4.78 is 2.56. The molecule has 3 aromatic rings. The predicted molar refractivity (Wildman–Crippen MR) is 116 cm³/mol. The normalized spacial score (nSPS) is 11.2. The summed E-state index contributed by atoms with van der Waals surface area (Å²) in [6.07, 6.45) is 0. The summed E-state index contributed by atoms with van der Waals surface area (Å²) in [7, 11) is 0. The number of rotatable bonds is 5. The lowest BCUT2D eigenvalue weighted by atomic mass is 10.1. The Balaban J connectivity index is 2.28. The molecular weight excluding hydrogens is 366 g/mol. The summed E-state index contributed by atoms with van der Waals surface area (Å²) in [5.41, 5.74) is 2.87. The van der Waals surface area contributed by atoms with Crippen molar-refractivity contribution < 1.29 is 4.79 Å². The van der Waals surface area contributed by atoms with Gasteiger partial charge in [-0.15, -0.1) is 0 Å². The average molecular weight is 393 g/mol. The average Bonchev–Trinajstić information content (AvgIpc) is 2.67. The SMILES string of the molecule is Cc1ccc2c(c1)c(=O)n(-c1cccc(C)c1C)c(=O)n2CC(=O)NCC(C)C. The molecule has 1 N–H and O–H groups in total. The lowest BCUT2D eigenvalue weighted by molar-refractivity contribution is -0.121. The molecule has 6 nitrogen and oxygen atoms in total. The largest absolute Gasteiger partial charge is 0.354 e. The maximum absolute atomic E-state index is 13.4. The third-order valence-corrected chi connectivity index (χ3v) is 5.12. The zero-order chi connectivity index (χ0) is 21.3. The van der Waals surface area contributed by atoms with E-state index < -0.39 is 5.69 Å². The Morgan fingerprint density at radius 1 is 1.07 bits per heavy atom. The molecule has 3 rings (SSSR count). The van der Waals surface area contributed by atoms with Gasteiger partial charge in [0.05, 0.1) is 16.6 Å². The van der Waals surface area contributed by atoms with Gasteiger partial charge in [0.15, 0.2) is 0 Å². The fourth-order valence-corrected chi connectivity index (χ4v) is 3.35. The van der Waals surface area contributed by atoms with Crippen molar-refractivity contribution in [2.24, 2.45) is 5.92 Å². The molecule has 0 aliphatic carbocycles. The highest BCUT2D eigenvalue weighted by Gasteiger charge is 2.18. The Morgan fingerprint density at radius 3 is 2.48 bits per heavy atom. The van der Waals surface area contributed by atoms with Crippen LogP contribution in [0.5, 0.6) is 0 Å². The zero-order valence-electron chi connectivity index (χ0n) is 17.6. The summed E-state index contributed by atoms with van der Waals surface area (Å²) in [4.78, 5) is 39.1. The topological polar surface area (TPSA) is 73.1 Å². The monoisotopic (exact) mass is 393 g/mol. The maximum Gasteiger partial charge on any atom is 0.336 e. The molecule has 29 heavy (non-hydrogen) atoms. The molecule has 1 amide bonds. The number of aromatic nitrogens is 2. The molecule has 0 saturated heterocycles. The van der Waals surface area contributed by atoms with Crippen molar-refractivity contribution in [2.75, 3.05) is 6.54 Å². The molecule has 0 unspecified atom stereocenters. The zero-order valence-corrected chi connectivity index (χ0v) is 17.6. The highest BCUT2D eigenvalue weighted by Crippen LogP contribution is 2.17. The van der Waals surface area contributed by atoms with Gasteiger partial charge in [-0.05, 0) is 56.0 Å². The number of carbonyl (C=O) groups is 1. The third kappa shape index (κ3) is 4.01. The van der Waals surface area contributed by atoms with Gasteiger partial charge in [-0.25, -0.2) is 9.36 Å². The molecule has 0 bridgehead atoms. The molecule has 0 saturated carbocycles.